The molecular formula is C27H29N3O2. The maximum Gasteiger partial charge on any atom is 0.253 e. The SMILES string of the molecule is CN(C)C(=O)C1(Cc2ccccc2-c2ccccc2)CCN(C(=O)c2ccncc2)CC1. The smallest absolute Gasteiger partial charge is 0.253 e. The minimum atomic E-state index is -0.524. The number of aromatic nitrogens is 1. The summed E-state index contributed by atoms with van der Waals surface area (Å²) in [6.45, 7) is 1.13. The van der Waals surface area contributed by atoms with E-state index in [9.17, 15) is 9.59 Å². The molecule has 1 fully saturated rings. The molecule has 0 N–H and O–H groups in total. The maximum atomic E-state index is 13.4. The fourth-order valence-corrected chi connectivity index (χ4v) is 4.69. The van der Waals surface area contributed by atoms with Crippen LogP contribution in [-0.4, -0.2) is 53.8 Å². The van der Waals surface area contributed by atoms with E-state index in [1.54, 1.807) is 29.4 Å². The maximum absolute atomic E-state index is 13.4. The van der Waals surface area contributed by atoms with Crippen LogP contribution in [0.2, 0.25) is 0 Å². The Morgan fingerprint density at radius 3 is 2.19 bits per heavy atom. The standard InChI is InChI=1S/C27H29N3O2/c1-29(2)26(32)27(14-18-30(19-15-27)25(31)22-12-16-28-17-13-22)20-23-10-6-7-11-24(23)21-8-4-3-5-9-21/h3-13,16-17H,14-15,18-20H2,1-2H3. The zero-order chi connectivity index (χ0) is 22.6. The van der Waals surface area contributed by atoms with Crippen LogP contribution >= 0.6 is 0 Å². The van der Waals surface area contributed by atoms with Crippen LogP contribution in [0, 0.1) is 5.41 Å². The summed E-state index contributed by atoms with van der Waals surface area (Å²) in [4.78, 5) is 33.9. The molecule has 2 amide bonds. The molecule has 5 heteroatoms. The van der Waals surface area contributed by atoms with Crippen LogP contribution in [0.5, 0.6) is 0 Å². The lowest BCUT2D eigenvalue weighted by Crippen LogP contribution is -2.51. The van der Waals surface area contributed by atoms with Gasteiger partial charge in [0.1, 0.15) is 0 Å². The predicted molar refractivity (Wildman–Crippen MR) is 126 cm³/mol. The van der Waals surface area contributed by atoms with E-state index in [4.69, 9.17) is 0 Å². The zero-order valence-corrected chi connectivity index (χ0v) is 18.7. The Morgan fingerprint density at radius 1 is 0.906 bits per heavy atom. The highest BCUT2D eigenvalue weighted by Crippen LogP contribution is 2.39. The quantitative estimate of drug-likeness (QED) is 0.610. The van der Waals surface area contributed by atoms with Crippen molar-refractivity contribution in [3.8, 4) is 11.1 Å². The van der Waals surface area contributed by atoms with Crippen molar-refractivity contribution in [1.82, 2.24) is 14.8 Å². The van der Waals surface area contributed by atoms with Gasteiger partial charge in [0, 0.05) is 45.1 Å². The number of amides is 2. The van der Waals surface area contributed by atoms with Gasteiger partial charge in [0.05, 0.1) is 5.41 Å². The van der Waals surface area contributed by atoms with Gasteiger partial charge in [-0.15, -0.1) is 0 Å². The van der Waals surface area contributed by atoms with E-state index in [1.165, 1.54) is 5.56 Å². The summed E-state index contributed by atoms with van der Waals surface area (Å²) >= 11 is 0. The van der Waals surface area contributed by atoms with Gasteiger partial charge >= 0.3 is 0 Å². The van der Waals surface area contributed by atoms with Gasteiger partial charge in [-0.2, -0.15) is 0 Å². The number of carbonyl (C=O) groups is 2. The fraction of sp³-hybridized carbons (Fsp3) is 0.296. The number of piperidine rings is 1. The van der Waals surface area contributed by atoms with Gasteiger partial charge in [-0.05, 0) is 48.1 Å². The number of rotatable bonds is 5. The third-order valence-electron chi connectivity index (χ3n) is 6.43. The molecule has 1 aliphatic rings. The van der Waals surface area contributed by atoms with Gasteiger partial charge < -0.3 is 9.80 Å². The van der Waals surface area contributed by atoms with Crippen LogP contribution in [0.3, 0.4) is 0 Å². The van der Waals surface area contributed by atoms with Crippen LogP contribution in [0.1, 0.15) is 28.8 Å². The molecule has 2 heterocycles. The third kappa shape index (κ3) is 4.42. The molecule has 0 saturated carbocycles. The Labute approximate surface area is 189 Å². The summed E-state index contributed by atoms with van der Waals surface area (Å²) in [5.41, 5.74) is 3.60. The number of carbonyl (C=O) groups excluding carboxylic acids is 2. The molecule has 0 radical (unpaired) electrons. The van der Waals surface area contributed by atoms with Gasteiger partial charge in [-0.3, -0.25) is 14.6 Å². The highest BCUT2D eigenvalue weighted by Gasteiger charge is 2.43. The number of hydrogen-bond donors (Lipinski definition) is 0. The summed E-state index contributed by atoms with van der Waals surface area (Å²) in [7, 11) is 3.64. The first-order valence-corrected chi connectivity index (χ1v) is 11.0. The number of likely N-dealkylation sites (tertiary alicyclic amines) is 1. The second-order valence-electron chi connectivity index (χ2n) is 8.71. The summed E-state index contributed by atoms with van der Waals surface area (Å²) in [6.07, 6.45) is 5.22. The Hall–Kier alpha value is -3.47. The molecule has 0 aliphatic carbocycles. The average Bonchev–Trinajstić information content (AvgIpc) is 2.85. The van der Waals surface area contributed by atoms with Gasteiger partial charge in [-0.1, -0.05) is 54.6 Å². The van der Waals surface area contributed by atoms with Gasteiger partial charge in [0.15, 0.2) is 0 Å². The van der Waals surface area contributed by atoms with E-state index in [0.717, 1.165) is 11.1 Å². The summed E-state index contributed by atoms with van der Waals surface area (Å²) in [5.74, 6) is 0.138. The molecule has 0 unspecified atom stereocenters. The molecule has 164 valence electrons. The van der Waals surface area contributed by atoms with Crippen molar-refractivity contribution in [2.45, 2.75) is 19.3 Å². The van der Waals surface area contributed by atoms with Crippen molar-refractivity contribution < 1.29 is 9.59 Å². The van der Waals surface area contributed by atoms with Crippen molar-refractivity contribution in [1.29, 1.82) is 0 Å². The van der Waals surface area contributed by atoms with Crippen molar-refractivity contribution in [3.05, 3.63) is 90.3 Å². The van der Waals surface area contributed by atoms with Crippen LogP contribution in [0.25, 0.3) is 11.1 Å². The van der Waals surface area contributed by atoms with Gasteiger partial charge in [0.2, 0.25) is 5.91 Å². The van der Waals surface area contributed by atoms with Crippen molar-refractivity contribution in [3.63, 3.8) is 0 Å². The number of hydrogen-bond acceptors (Lipinski definition) is 3. The Bertz CT molecular complexity index is 1070. The minimum Gasteiger partial charge on any atom is -0.348 e. The summed E-state index contributed by atoms with van der Waals surface area (Å²) in [6, 6.07) is 22.1. The molecule has 3 aromatic rings. The Morgan fingerprint density at radius 2 is 1.53 bits per heavy atom. The monoisotopic (exact) mass is 427 g/mol. The van der Waals surface area contributed by atoms with Crippen LogP contribution in [-0.2, 0) is 11.2 Å². The molecule has 4 rings (SSSR count). The molecular weight excluding hydrogens is 398 g/mol. The van der Waals surface area contributed by atoms with E-state index >= 15 is 0 Å². The molecule has 0 spiro atoms. The first kappa shape index (κ1) is 21.8. The van der Waals surface area contributed by atoms with Crippen molar-refractivity contribution >= 4 is 11.8 Å². The molecule has 0 atom stereocenters. The van der Waals surface area contributed by atoms with E-state index in [2.05, 4.69) is 29.2 Å². The summed E-state index contributed by atoms with van der Waals surface area (Å²) in [5, 5.41) is 0. The Kier molecular flexibility index (Phi) is 6.35. The predicted octanol–water partition coefficient (Wildman–Crippen LogP) is 4.30. The van der Waals surface area contributed by atoms with E-state index in [1.807, 2.05) is 49.3 Å². The molecule has 5 nitrogen and oxygen atoms in total. The van der Waals surface area contributed by atoms with Gasteiger partial charge in [-0.25, -0.2) is 0 Å². The lowest BCUT2D eigenvalue weighted by Gasteiger charge is -2.42. The molecule has 1 aliphatic heterocycles. The minimum absolute atomic E-state index is 0.00277. The Balaban J connectivity index is 1.60. The number of nitrogens with zero attached hydrogens (tertiary/aromatic N) is 3. The normalized spacial score (nSPS) is 15.2. The van der Waals surface area contributed by atoms with E-state index in [0.29, 0.717) is 37.9 Å². The largest absolute Gasteiger partial charge is 0.348 e. The highest BCUT2D eigenvalue weighted by molar-refractivity contribution is 5.94. The first-order valence-electron chi connectivity index (χ1n) is 11.0. The topological polar surface area (TPSA) is 53.5 Å². The summed E-state index contributed by atoms with van der Waals surface area (Å²) < 4.78 is 0. The van der Waals surface area contributed by atoms with E-state index < -0.39 is 5.41 Å². The van der Waals surface area contributed by atoms with Crippen LogP contribution < -0.4 is 0 Å². The average molecular weight is 428 g/mol. The van der Waals surface area contributed by atoms with Crippen molar-refractivity contribution in [2.75, 3.05) is 27.2 Å². The van der Waals surface area contributed by atoms with Gasteiger partial charge in [0.25, 0.3) is 5.91 Å². The lowest BCUT2D eigenvalue weighted by atomic mass is 9.71. The highest BCUT2D eigenvalue weighted by atomic mass is 16.2. The van der Waals surface area contributed by atoms with Crippen molar-refractivity contribution in [2.24, 2.45) is 5.41 Å². The molecule has 1 aromatic heterocycles. The molecule has 32 heavy (non-hydrogen) atoms. The molecule has 2 aromatic carbocycles. The fourth-order valence-electron chi connectivity index (χ4n) is 4.69. The zero-order valence-electron chi connectivity index (χ0n) is 18.7. The first-order chi connectivity index (χ1) is 15.5. The second-order valence-corrected chi connectivity index (χ2v) is 8.71. The van der Waals surface area contributed by atoms with Crippen LogP contribution in [0.15, 0.2) is 79.1 Å². The van der Waals surface area contributed by atoms with E-state index in [-0.39, 0.29) is 11.8 Å². The number of benzene rings is 2. The second kappa shape index (κ2) is 9.35. The molecule has 0 bridgehead atoms. The number of pyridine rings is 1. The third-order valence-corrected chi connectivity index (χ3v) is 6.43. The molecule has 1 saturated heterocycles. The van der Waals surface area contributed by atoms with Crippen LogP contribution in [0.4, 0.5) is 0 Å². The lowest BCUT2D eigenvalue weighted by molar-refractivity contribution is -0.142.